The third-order valence-electron chi connectivity index (χ3n) is 5.31. The maximum Gasteiger partial charge on any atom is 0.418 e. The summed E-state index contributed by atoms with van der Waals surface area (Å²) in [4.78, 5) is 38.3. The van der Waals surface area contributed by atoms with Crippen molar-refractivity contribution in [3.8, 4) is 0 Å². The van der Waals surface area contributed by atoms with Crippen LogP contribution in [0.2, 0.25) is 0 Å². The summed E-state index contributed by atoms with van der Waals surface area (Å²) in [6, 6.07) is 12.3. The number of amides is 3. The van der Waals surface area contributed by atoms with Crippen LogP contribution in [-0.2, 0) is 17.5 Å². The fraction of sp³-hybridized carbons (Fsp3) is 0.208. The second-order valence-electron chi connectivity index (χ2n) is 7.76. The summed E-state index contributed by atoms with van der Waals surface area (Å²) in [5.41, 5.74) is -0.808. The number of hydrogen-bond acceptors (Lipinski definition) is 4. The van der Waals surface area contributed by atoms with Crippen LogP contribution in [0, 0.1) is 0 Å². The molecule has 0 spiro atoms. The molecule has 2 aromatic carbocycles. The molecule has 0 unspecified atom stereocenters. The fourth-order valence-electron chi connectivity index (χ4n) is 3.66. The molecule has 3 aromatic rings. The van der Waals surface area contributed by atoms with E-state index in [2.05, 4.69) is 10.6 Å². The number of alkyl halides is 3. The molecule has 0 saturated carbocycles. The van der Waals surface area contributed by atoms with E-state index in [-0.39, 0.29) is 22.9 Å². The monoisotopic (exact) mass is 471 g/mol. The van der Waals surface area contributed by atoms with Crippen LogP contribution in [0.3, 0.4) is 0 Å². The van der Waals surface area contributed by atoms with Crippen molar-refractivity contribution < 1.29 is 32.0 Å². The van der Waals surface area contributed by atoms with Crippen LogP contribution in [0.15, 0.2) is 65.3 Å². The number of carbonyl (C=O) groups excluding carboxylic acids is 3. The van der Waals surface area contributed by atoms with Crippen LogP contribution >= 0.6 is 0 Å². The molecule has 4 rings (SSSR count). The molecule has 176 valence electrons. The summed E-state index contributed by atoms with van der Waals surface area (Å²) in [5, 5.41) is 4.64. The minimum absolute atomic E-state index is 0.0314. The molecular weight excluding hydrogens is 451 g/mol. The number of halogens is 3. The van der Waals surface area contributed by atoms with Gasteiger partial charge in [-0.1, -0.05) is 12.1 Å². The predicted molar refractivity (Wildman–Crippen MR) is 117 cm³/mol. The second kappa shape index (κ2) is 9.42. The molecule has 1 saturated heterocycles. The molecule has 10 heteroatoms. The molecule has 1 aliphatic heterocycles. The van der Waals surface area contributed by atoms with Crippen molar-refractivity contribution in [1.29, 1.82) is 0 Å². The average Bonchev–Trinajstić information content (AvgIpc) is 3.47. The number of anilines is 2. The summed E-state index contributed by atoms with van der Waals surface area (Å²) in [7, 11) is 0. The molecule has 3 amide bonds. The largest absolute Gasteiger partial charge is 0.459 e. The van der Waals surface area contributed by atoms with Gasteiger partial charge in [0, 0.05) is 30.8 Å². The number of furan rings is 1. The first-order valence-electron chi connectivity index (χ1n) is 10.4. The highest BCUT2D eigenvalue weighted by Crippen LogP contribution is 2.37. The second-order valence-corrected chi connectivity index (χ2v) is 7.76. The van der Waals surface area contributed by atoms with Gasteiger partial charge in [0.05, 0.1) is 17.5 Å². The van der Waals surface area contributed by atoms with Gasteiger partial charge in [0.2, 0.25) is 5.91 Å². The van der Waals surface area contributed by atoms with Crippen molar-refractivity contribution in [2.45, 2.75) is 25.6 Å². The van der Waals surface area contributed by atoms with Gasteiger partial charge >= 0.3 is 6.18 Å². The van der Waals surface area contributed by atoms with Gasteiger partial charge in [-0.05, 0) is 54.4 Å². The van der Waals surface area contributed by atoms with Gasteiger partial charge in [0.15, 0.2) is 5.76 Å². The van der Waals surface area contributed by atoms with Crippen LogP contribution in [0.25, 0.3) is 0 Å². The van der Waals surface area contributed by atoms with E-state index in [9.17, 15) is 27.6 Å². The quantitative estimate of drug-likeness (QED) is 0.534. The molecule has 0 atom stereocenters. The lowest BCUT2D eigenvalue weighted by Gasteiger charge is -2.17. The molecule has 1 aliphatic rings. The number of carbonyl (C=O) groups is 3. The van der Waals surface area contributed by atoms with Crippen molar-refractivity contribution in [3.63, 3.8) is 0 Å². The first-order chi connectivity index (χ1) is 16.2. The van der Waals surface area contributed by atoms with Gasteiger partial charge in [-0.3, -0.25) is 14.4 Å². The number of hydrogen-bond donors (Lipinski definition) is 2. The number of nitrogens with zero attached hydrogens (tertiary/aromatic N) is 1. The summed E-state index contributed by atoms with van der Waals surface area (Å²) in [6.07, 6.45) is -2.26. The lowest BCUT2D eigenvalue weighted by atomic mass is 10.1. The molecule has 2 heterocycles. The molecule has 7 nitrogen and oxygen atoms in total. The lowest BCUT2D eigenvalue weighted by molar-refractivity contribution is -0.137. The molecule has 0 bridgehead atoms. The van der Waals surface area contributed by atoms with E-state index >= 15 is 0 Å². The van der Waals surface area contributed by atoms with Crippen LogP contribution in [0.4, 0.5) is 24.5 Å². The van der Waals surface area contributed by atoms with Gasteiger partial charge in [0.25, 0.3) is 11.8 Å². The van der Waals surface area contributed by atoms with E-state index in [0.717, 1.165) is 18.6 Å². The number of likely N-dealkylation sites (tertiary alicyclic amines) is 1. The Bertz CT molecular complexity index is 1220. The number of rotatable bonds is 6. The first-order valence-corrected chi connectivity index (χ1v) is 10.4. The zero-order valence-electron chi connectivity index (χ0n) is 17.8. The SMILES string of the molecule is O=C(Nc1ccc(NC(=O)c2ccco2)cc1C(F)(F)F)c1cccc(CN2CCCC2=O)c1. The Hall–Kier alpha value is -4.08. The van der Waals surface area contributed by atoms with Gasteiger partial charge in [-0.15, -0.1) is 0 Å². The van der Waals surface area contributed by atoms with Crippen LogP contribution in [0.5, 0.6) is 0 Å². The Labute approximate surface area is 192 Å². The van der Waals surface area contributed by atoms with Gasteiger partial charge < -0.3 is 20.0 Å². The minimum Gasteiger partial charge on any atom is -0.459 e. The Morgan fingerprint density at radius 1 is 1.00 bits per heavy atom. The smallest absolute Gasteiger partial charge is 0.418 e. The Morgan fingerprint density at radius 2 is 1.82 bits per heavy atom. The Balaban J connectivity index is 1.52. The fourth-order valence-corrected chi connectivity index (χ4v) is 3.66. The Morgan fingerprint density at radius 3 is 2.50 bits per heavy atom. The maximum absolute atomic E-state index is 13.7. The highest BCUT2D eigenvalue weighted by molar-refractivity contribution is 6.05. The van der Waals surface area contributed by atoms with Crippen molar-refractivity contribution in [3.05, 3.63) is 83.3 Å². The van der Waals surface area contributed by atoms with Crippen molar-refractivity contribution >= 4 is 29.1 Å². The van der Waals surface area contributed by atoms with E-state index in [0.29, 0.717) is 25.1 Å². The number of benzene rings is 2. The zero-order valence-corrected chi connectivity index (χ0v) is 17.8. The molecular formula is C24H20F3N3O4. The van der Waals surface area contributed by atoms with Crippen LogP contribution in [-0.4, -0.2) is 29.2 Å². The van der Waals surface area contributed by atoms with E-state index < -0.39 is 29.2 Å². The standard InChI is InChI=1S/C24H20F3N3O4/c25-24(26,27)18-13-17(28-23(33)20-6-3-11-34-20)8-9-19(18)29-22(32)16-5-1-4-15(12-16)14-30-10-2-7-21(30)31/h1,3-6,8-9,11-13H,2,7,10,14H2,(H,28,33)(H,29,32). The lowest BCUT2D eigenvalue weighted by Crippen LogP contribution is -2.24. The summed E-state index contributed by atoms with van der Waals surface area (Å²) >= 11 is 0. The topological polar surface area (TPSA) is 91.7 Å². The van der Waals surface area contributed by atoms with E-state index in [1.165, 1.54) is 30.5 Å². The van der Waals surface area contributed by atoms with E-state index in [1.807, 2.05) is 0 Å². The highest BCUT2D eigenvalue weighted by Gasteiger charge is 2.34. The minimum atomic E-state index is -4.79. The predicted octanol–water partition coefficient (Wildman–Crippen LogP) is 4.93. The van der Waals surface area contributed by atoms with Crippen LogP contribution < -0.4 is 10.6 Å². The van der Waals surface area contributed by atoms with Gasteiger partial charge in [0.1, 0.15) is 0 Å². The third-order valence-corrected chi connectivity index (χ3v) is 5.31. The van der Waals surface area contributed by atoms with Crippen LogP contribution in [0.1, 0.15) is 44.9 Å². The normalized spacial score (nSPS) is 13.7. The molecule has 1 aromatic heterocycles. The maximum atomic E-state index is 13.7. The first kappa shape index (κ1) is 23.1. The average molecular weight is 471 g/mol. The van der Waals surface area contributed by atoms with Gasteiger partial charge in [-0.2, -0.15) is 13.2 Å². The molecule has 0 aliphatic carbocycles. The van der Waals surface area contributed by atoms with Gasteiger partial charge in [-0.25, -0.2) is 0 Å². The summed E-state index contributed by atoms with van der Waals surface area (Å²) in [5.74, 6) is -1.46. The van der Waals surface area contributed by atoms with E-state index in [1.54, 1.807) is 23.1 Å². The summed E-state index contributed by atoms with van der Waals surface area (Å²) in [6.45, 7) is 0.963. The molecule has 2 N–H and O–H groups in total. The van der Waals surface area contributed by atoms with Crippen molar-refractivity contribution in [2.24, 2.45) is 0 Å². The third kappa shape index (κ3) is 5.28. The summed E-state index contributed by atoms with van der Waals surface area (Å²) < 4.78 is 46.0. The molecule has 34 heavy (non-hydrogen) atoms. The molecule has 0 radical (unpaired) electrons. The highest BCUT2D eigenvalue weighted by atomic mass is 19.4. The Kier molecular flexibility index (Phi) is 6.40. The molecule has 1 fully saturated rings. The van der Waals surface area contributed by atoms with Crippen molar-refractivity contribution in [1.82, 2.24) is 4.90 Å². The van der Waals surface area contributed by atoms with Crippen molar-refractivity contribution in [2.75, 3.05) is 17.2 Å². The zero-order chi connectivity index (χ0) is 24.3. The van der Waals surface area contributed by atoms with E-state index in [4.69, 9.17) is 4.42 Å². The number of nitrogens with one attached hydrogen (secondary N) is 2.